The number of para-hydroxylation sites is 1. The third-order valence-electron chi connectivity index (χ3n) is 7.51. The summed E-state index contributed by atoms with van der Waals surface area (Å²) in [5.74, 6) is -1.91. The lowest BCUT2D eigenvalue weighted by Crippen LogP contribution is -2.37. The molecule has 4 aromatic rings. The summed E-state index contributed by atoms with van der Waals surface area (Å²) in [5, 5.41) is 1.57. The quantitative estimate of drug-likeness (QED) is 0.134. The van der Waals surface area contributed by atoms with Gasteiger partial charge in [-0.1, -0.05) is 31.2 Å². The van der Waals surface area contributed by atoms with E-state index in [2.05, 4.69) is 0 Å². The van der Waals surface area contributed by atoms with E-state index in [-0.39, 0.29) is 17.1 Å². The van der Waals surface area contributed by atoms with Crippen LogP contribution in [0.15, 0.2) is 97.1 Å². The first kappa shape index (κ1) is 28.9. The van der Waals surface area contributed by atoms with E-state index in [1.807, 2.05) is 37.3 Å². The van der Waals surface area contributed by atoms with E-state index >= 15 is 0 Å². The number of hydrogen-bond donors (Lipinski definition) is 0. The van der Waals surface area contributed by atoms with Gasteiger partial charge in [-0.25, -0.2) is 19.1 Å². The molecule has 0 N–H and O–H groups in total. The zero-order chi connectivity index (χ0) is 30.8. The summed E-state index contributed by atoms with van der Waals surface area (Å²) in [5.41, 5.74) is 1.85. The van der Waals surface area contributed by atoms with Crippen LogP contribution in [0.4, 0.5) is 15.8 Å². The number of carbonyl (C=O) groups excluding carboxylic acids is 3. The van der Waals surface area contributed by atoms with E-state index in [1.54, 1.807) is 47.5 Å². The molecule has 44 heavy (non-hydrogen) atoms. The lowest BCUT2D eigenvalue weighted by atomic mass is 9.90. The van der Waals surface area contributed by atoms with Gasteiger partial charge >= 0.3 is 5.97 Å². The minimum absolute atomic E-state index is 0.133. The van der Waals surface area contributed by atoms with E-state index in [0.29, 0.717) is 29.3 Å². The molecule has 2 amide bonds. The van der Waals surface area contributed by atoms with Gasteiger partial charge < -0.3 is 14.2 Å². The van der Waals surface area contributed by atoms with Crippen molar-refractivity contribution in [3.8, 4) is 17.2 Å². The zero-order valence-corrected chi connectivity index (χ0v) is 24.0. The smallest absolute Gasteiger partial charge is 0.343 e. The Balaban J connectivity index is 1.33. The number of benzene rings is 4. The highest BCUT2D eigenvalue weighted by molar-refractivity contribution is 6.24. The van der Waals surface area contributed by atoms with Gasteiger partial charge in [-0.2, -0.15) is 0 Å². The molecule has 6 rings (SSSR count). The van der Waals surface area contributed by atoms with Crippen molar-refractivity contribution in [2.75, 3.05) is 23.7 Å². The Morgan fingerprint density at radius 2 is 1.59 bits per heavy atom. The van der Waals surface area contributed by atoms with Crippen LogP contribution in [0.25, 0.3) is 0 Å². The number of carbonyl (C=O) groups is 3. The number of esters is 1. The third-order valence-corrected chi connectivity index (χ3v) is 7.51. The van der Waals surface area contributed by atoms with Gasteiger partial charge in [0.2, 0.25) is 5.91 Å². The monoisotopic (exact) mass is 596 g/mol. The zero-order valence-electron chi connectivity index (χ0n) is 24.0. The van der Waals surface area contributed by atoms with Gasteiger partial charge in [0.05, 0.1) is 36.7 Å². The number of halogens is 1. The molecule has 3 atom stereocenters. The van der Waals surface area contributed by atoms with Crippen LogP contribution in [0.1, 0.15) is 35.3 Å². The molecule has 2 heterocycles. The Labute approximate surface area is 253 Å². The molecule has 0 aromatic heterocycles. The fourth-order valence-electron chi connectivity index (χ4n) is 5.42. The molecule has 0 saturated carbocycles. The lowest BCUT2D eigenvalue weighted by molar-refractivity contribution is -0.126. The molecule has 2 saturated heterocycles. The number of rotatable bonds is 9. The molecule has 0 radical (unpaired) electrons. The average molecular weight is 597 g/mol. The summed E-state index contributed by atoms with van der Waals surface area (Å²) in [7, 11) is 1.43. The van der Waals surface area contributed by atoms with Gasteiger partial charge in [-0.15, -0.1) is 0 Å². The van der Waals surface area contributed by atoms with Crippen molar-refractivity contribution >= 4 is 29.2 Å². The maximum Gasteiger partial charge on any atom is 0.343 e. The Morgan fingerprint density at radius 1 is 0.864 bits per heavy atom. The Bertz CT molecular complexity index is 1680. The van der Waals surface area contributed by atoms with Crippen molar-refractivity contribution in [3.05, 3.63) is 114 Å². The molecule has 10 heteroatoms. The van der Waals surface area contributed by atoms with Gasteiger partial charge in [0.1, 0.15) is 17.5 Å². The van der Waals surface area contributed by atoms with Crippen LogP contribution in [0.5, 0.6) is 17.2 Å². The van der Waals surface area contributed by atoms with E-state index in [1.165, 1.54) is 31.4 Å². The standard InChI is InChI=1S/C34H29FN2O7/c1-3-19-42-26-16-14-24(15-17-26)36-32(38)29-30(37(44-31(29)33(36)39)25-7-5-4-6-8-25)22-11-18-27(28(20-22)41-2)43-34(40)21-9-12-23(35)13-10-21/h4-18,20,29-31H,3,19H2,1-2H3/t29-,30+,31+/m1/s1. The number of hydroxylamine groups is 1. The molecular formula is C34H29FN2O7. The van der Waals surface area contributed by atoms with Crippen molar-refractivity contribution in [3.63, 3.8) is 0 Å². The molecule has 2 aliphatic heterocycles. The van der Waals surface area contributed by atoms with Crippen molar-refractivity contribution in [1.82, 2.24) is 0 Å². The number of fused-ring (bicyclic) bond motifs is 1. The number of nitrogens with zero attached hydrogens (tertiary/aromatic N) is 2. The number of anilines is 2. The summed E-state index contributed by atoms with van der Waals surface area (Å²) < 4.78 is 30.1. The number of ether oxygens (including phenoxy) is 3. The topological polar surface area (TPSA) is 94.6 Å². The predicted octanol–water partition coefficient (Wildman–Crippen LogP) is 5.89. The number of imide groups is 1. The van der Waals surface area contributed by atoms with Gasteiger partial charge in [-0.3, -0.25) is 14.4 Å². The van der Waals surface area contributed by atoms with E-state index in [0.717, 1.165) is 11.3 Å². The van der Waals surface area contributed by atoms with Crippen molar-refractivity contribution in [2.45, 2.75) is 25.5 Å². The number of methoxy groups -OCH3 is 1. The van der Waals surface area contributed by atoms with Crippen LogP contribution in [-0.4, -0.2) is 37.6 Å². The van der Waals surface area contributed by atoms with Crippen LogP contribution in [-0.2, 0) is 14.4 Å². The van der Waals surface area contributed by atoms with Crippen LogP contribution in [0.2, 0.25) is 0 Å². The molecule has 224 valence electrons. The fraction of sp³-hybridized carbons (Fsp3) is 0.206. The van der Waals surface area contributed by atoms with Gasteiger partial charge in [0.15, 0.2) is 17.6 Å². The molecule has 0 spiro atoms. The van der Waals surface area contributed by atoms with Crippen LogP contribution in [0.3, 0.4) is 0 Å². The number of amides is 2. The molecule has 9 nitrogen and oxygen atoms in total. The van der Waals surface area contributed by atoms with Crippen LogP contribution < -0.4 is 24.2 Å². The second-order valence-electron chi connectivity index (χ2n) is 10.3. The van der Waals surface area contributed by atoms with E-state index in [9.17, 15) is 18.8 Å². The largest absolute Gasteiger partial charge is 0.494 e. The summed E-state index contributed by atoms with van der Waals surface area (Å²) in [6.45, 7) is 2.57. The normalized spacial score (nSPS) is 19.2. The molecule has 2 fully saturated rings. The SMILES string of the molecule is CCCOc1ccc(N2C(=O)[C@H]3[C@H](ON(c4ccccc4)[C@H]3c3ccc(OC(=O)c4ccc(F)cc4)c(OC)c3)C2=O)cc1. The lowest BCUT2D eigenvalue weighted by Gasteiger charge is -2.29. The summed E-state index contributed by atoms with van der Waals surface area (Å²) in [6.07, 6.45) is -0.210. The second kappa shape index (κ2) is 12.2. The van der Waals surface area contributed by atoms with E-state index in [4.69, 9.17) is 19.0 Å². The molecule has 0 bridgehead atoms. The van der Waals surface area contributed by atoms with Crippen molar-refractivity contribution < 1.29 is 37.8 Å². The summed E-state index contributed by atoms with van der Waals surface area (Å²) >= 11 is 0. The fourth-order valence-corrected chi connectivity index (χ4v) is 5.42. The second-order valence-corrected chi connectivity index (χ2v) is 10.3. The Morgan fingerprint density at radius 3 is 2.27 bits per heavy atom. The first-order chi connectivity index (χ1) is 21.4. The van der Waals surface area contributed by atoms with Crippen LogP contribution >= 0.6 is 0 Å². The minimum atomic E-state index is -1.06. The first-order valence-corrected chi connectivity index (χ1v) is 14.2. The predicted molar refractivity (Wildman–Crippen MR) is 159 cm³/mol. The van der Waals surface area contributed by atoms with Gasteiger partial charge in [0.25, 0.3) is 5.91 Å². The third kappa shape index (κ3) is 5.35. The molecule has 4 aromatic carbocycles. The summed E-state index contributed by atoms with van der Waals surface area (Å²) in [4.78, 5) is 47.8. The Kier molecular flexibility index (Phi) is 7.99. The first-order valence-electron chi connectivity index (χ1n) is 14.2. The highest BCUT2D eigenvalue weighted by Gasteiger charge is 2.60. The van der Waals surface area contributed by atoms with Gasteiger partial charge in [0, 0.05) is 0 Å². The maximum atomic E-state index is 14.0. The average Bonchev–Trinajstić information content (AvgIpc) is 3.56. The highest BCUT2D eigenvalue weighted by Crippen LogP contribution is 2.48. The van der Waals surface area contributed by atoms with Crippen molar-refractivity contribution in [1.29, 1.82) is 0 Å². The minimum Gasteiger partial charge on any atom is -0.494 e. The summed E-state index contributed by atoms with van der Waals surface area (Å²) in [6, 6.07) is 25.2. The molecule has 0 aliphatic carbocycles. The maximum absolute atomic E-state index is 14.0. The van der Waals surface area contributed by atoms with Crippen molar-refractivity contribution in [2.24, 2.45) is 5.92 Å². The molecule has 0 unspecified atom stereocenters. The number of hydrogen-bond acceptors (Lipinski definition) is 8. The van der Waals surface area contributed by atoms with E-state index < -0.39 is 41.7 Å². The highest BCUT2D eigenvalue weighted by atomic mass is 19.1. The molecule has 2 aliphatic rings. The Hall–Kier alpha value is -5.22. The molecular weight excluding hydrogens is 567 g/mol. The van der Waals surface area contributed by atoms with Crippen LogP contribution in [0, 0.1) is 11.7 Å². The van der Waals surface area contributed by atoms with Gasteiger partial charge in [-0.05, 0) is 84.8 Å².